The molecule has 1 aliphatic rings. The van der Waals surface area contributed by atoms with Crippen LogP contribution in [0.3, 0.4) is 0 Å². The molecule has 0 saturated heterocycles. The summed E-state index contributed by atoms with van der Waals surface area (Å²) in [6, 6.07) is 5.06. The van der Waals surface area contributed by atoms with Gasteiger partial charge in [-0.3, -0.25) is 14.5 Å². The maximum absolute atomic E-state index is 12.3. The molecule has 0 fully saturated rings. The van der Waals surface area contributed by atoms with Crippen molar-refractivity contribution in [3.8, 4) is 11.5 Å². The highest BCUT2D eigenvalue weighted by molar-refractivity contribution is 8.04. The second-order valence-electron chi connectivity index (χ2n) is 4.52. The molecule has 1 N–H and O–H groups in total. The molecule has 0 spiro atoms. The molecule has 0 unspecified atom stereocenters. The lowest BCUT2D eigenvalue weighted by Gasteiger charge is -2.10. The number of thioether (sulfide) groups is 1. The van der Waals surface area contributed by atoms with Crippen molar-refractivity contribution in [1.29, 1.82) is 0 Å². The van der Waals surface area contributed by atoms with E-state index in [0.717, 1.165) is 4.90 Å². The number of hydrogen-bond acceptors (Lipinski definition) is 6. The van der Waals surface area contributed by atoms with E-state index in [1.54, 1.807) is 18.2 Å². The number of ether oxygens (including phenoxy) is 2. The number of hydrogen-bond donors (Lipinski definition) is 1. The summed E-state index contributed by atoms with van der Waals surface area (Å²) in [7, 11) is 4.47. The highest BCUT2D eigenvalue weighted by Gasteiger charge is 2.36. The SMILES string of the molecule is COc1ccc(C2=C(SCCO)C(=O)N(C)C2=O)cc1OC. The van der Waals surface area contributed by atoms with Crippen LogP contribution in [0.1, 0.15) is 5.56 Å². The maximum Gasteiger partial charge on any atom is 0.267 e. The van der Waals surface area contributed by atoms with Gasteiger partial charge in [0.2, 0.25) is 0 Å². The van der Waals surface area contributed by atoms with Gasteiger partial charge in [0.25, 0.3) is 11.8 Å². The van der Waals surface area contributed by atoms with Gasteiger partial charge in [-0.25, -0.2) is 0 Å². The number of amides is 2. The Hall–Kier alpha value is -1.99. The summed E-state index contributed by atoms with van der Waals surface area (Å²) in [6.45, 7) is -0.0709. The number of nitrogens with zero attached hydrogens (tertiary/aromatic N) is 1. The molecule has 6 nitrogen and oxygen atoms in total. The van der Waals surface area contributed by atoms with Gasteiger partial charge in [0.05, 0.1) is 31.3 Å². The van der Waals surface area contributed by atoms with Crippen LogP contribution in [-0.2, 0) is 9.59 Å². The van der Waals surface area contributed by atoms with Crippen molar-refractivity contribution in [2.45, 2.75) is 0 Å². The fourth-order valence-corrected chi connectivity index (χ4v) is 3.05. The van der Waals surface area contributed by atoms with Crippen molar-refractivity contribution >= 4 is 29.1 Å². The number of benzene rings is 1. The van der Waals surface area contributed by atoms with Gasteiger partial charge in [0, 0.05) is 12.8 Å². The Morgan fingerprint density at radius 3 is 2.41 bits per heavy atom. The largest absolute Gasteiger partial charge is 0.493 e. The second kappa shape index (κ2) is 6.85. The van der Waals surface area contributed by atoms with Crippen molar-refractivity contribution in [1.82, 2.24) is 4.90 Å². The number of carbonyl (C=O) groups excluding carboxylic acids is 2. The number of imide groups is 1. The van der Waals surface area contributed by atoms with Gasteiger partial charge < -0.3 is 14.6 Å². The number of aliphatic hydroxyl groups excluding tert-OH is 1. The molecule has 1 aromatic rings. The van der Waals surface area contributed by atoms with Crippen molar-refractivity contribution in [2.24, 2.45) is 0 Å². The maximum atomic E-state index is 12.3. The number of likely N-dealkylation sites (N-methyl/N-ethyl adjacent to an activating group) is 1. The van der Waals surface area contributed by atoms with Crippen LogP contribution in [0.25, 0.3) is 5.57 Å². The molecule has 2 amide bonds. The molecule has 0 aliphatic carbocycles. The van der Waals surface area contributed by atoms with E-state index in [4.69, 9.17) is 14.6 Å². The quantitative estimate of drug-likeness (QED) is 0.791. The Bertz CT molecular complexity index is 641. The van der Waals surface area contributed by atoms with Crippen LogP contribution in [0.15, 0.2) is 23.1 Å². The lowest BCUT2D eigenvalue weighted by Crippen LogP contribution is -2.26. The predicted molar refractivity (Wildman–Crippen MR) is 83.8 cm³/mol. The third-order valence-electron chi connectivity index (χ3n) is 3.25. The summed E-state index contributed by atoms with van der Waals surface area (Å²) in [6.07, 6.45) is 0. The minimum Gasteiger partial charge on any atom is -0.493 e. The van der Waals surface area contributed by atoms with Crippen molar-refractivity contribution < 1.29 is 24.2 Å². The zero-order valence-corrected chi connectivity index (χ0v) is 13.4. The van der Waals surface area contributed by atoms with Crippen molar-refractivity contribution in [3.63, 3.8) is 0 Å². The molecule has 0 radical (unpaired) electrons. The Kier molecular flexibility index (Phi) is 5.10. The van der Waals surface area contributed by atoms with Crippen LogP contribution >= 0.6 is 11.8 Å². The normalized spacial score (nSPS) is 14.8. The molecule has 118 valence electrons. The number of rotatable bonds is 6. The standard InChI is InChI=1S/C15H17NO5S/c1-16-14(18)12(13(15(16)19)22-7-6-17)9-4-5-10(20-2)11(8-9)21-3/h4-5,8,17H,6-7H2,1-3H3. The molecule has 7 heteroatoms. The fraction of sp³-hybridized carbons (Fsp3) is 0.333. The molecule has 1 aromatic carbocycles. The van der Waals surface area contributed by atoms with Crippen LogP contribution in [0.5, 0.6) is 11.5 Å². The summed E-state index contributed by atoms with van der Waals surface area (Å²) >= 11 is 1.17. The Morgan fingerprint density at radius 1 is 1.14 bits per heavy atom. The minimum absolute atomic E-state index is 0.0709. The first-order chi connectivity index (χ1) is 10.5. The van der Waals surface area contributed by atoms with Crippen LogP contribution < -0.4 is 9.47 Å². The van der Waals surface area contributed by atoms with Gasteiger partial charge in [-0.15, -0.1) is 11.8 Å². The highest BCUT2D eigenvalue weighted by atomic mass is 32.2. The molecule has 0 saturated carbocycles. The van der Waals surface area contributed by atoms with Crippen LogP contribution in [0, 0.1) is 0 Å². The van der Waals surface area contributed by atoms with E-state index in [0.29, 0.717) is 33.3 Å². The Balaban J connectivity index is 2.52. The molecule has 2 rings (SSSR count). The lowest BCUT2D eigenvalue weighted by molar-refractivity contribution is -0.134. The predicted octanol–water partition coefficient (Wildman–Crippen LogP) is 1.14. The van der Waals surface area contributed by atoms with Crippen LogP contribution in [0.4, 0.5) is 0 Å². The first-order valence-corrected chi connectivity index (χ1v) is 7.56. The van der Waals surface area contributed by atoms with Crippen LogP contribution in [0.2, 0.25) is 0 Å². The molecule has 0 atom stereocenters. The van der Waals surface area contributed by atoms with Gasteiger partial charge in [0.15, 0.2) is 11.5 Å². The highest BCUT2D eigenvalue weighted by Crippen LogP contribution is 2.38. The van der Waals surface area contributed by atoms with Gasteiger partial charge in [-0.05, 0) is 17.7 Å². The summed E-state index contributed by atoms with van der Waals surface area (Å²) < 4.78 is 10.4. The summed E-state index contributed by atoms with van der Waals surface area (Å²) in [5, 5.41) is 8.96. The van der Waals surface area contributed by atoms with Crippen molar-refractivity contribution in [3.05, 3.63) is 28.7 Å². The summed E-state index contributed by atoms with van der Waals surface area (Å²) in [5.74, 6) is 0.653. The van der Waals surface area contributed by atoms with Crippen molar-refractivity contribution in [2.75, 3.05) is 33.6 Å². The van der Waals surface area contributed by atoms with Gasteiger partial charge in [-0.1, -0.05) is 6.07 Å². The minimum atomic E-state index is -0.363. The van der Waals surface area contributed by atoms with E-state index in [9.17, 15) is 9.59 Å². The summed E-state index contributed by atoms with van der Waals surface area (Å²) in [4.78, 5) is 25.9. The summed E-state index contributed by atoms with van der Waals surface area (Å²) in [5.41, 5.74) is 0.910. The molecule has 22 heavy (non-hydrogen) atoms. The van der Waals surface area contributed by atoms with E-state index in [-0.39, 0.29) is 18.4 Å². The topological polar surface area (TPSA) is 76.1 Å². The van der Waals surface area contributed by atoms with Gasteiger partial charge in [-0.2, -0.15) is 0 Å². The number of carbonyl (C=O) groups is 2. The number of aliphatic hydroxyl groups is 1. The van der Waals surface area contributed by atoms with Crippen LogP contribution in [-0.4, -0.2) is 55.4 Å². The first-order valence-electron chi connectivity index (χ1n) is 6.57. The second-order valence-corrected chi connectivity index (χ2v) is 5.62. The zero-order chi connectivity index (χ0) is 16.3. The zero-order valence-electron chi connectivity index (χ0n) is 12.6. The Morgan fingerprint density at radius 2 is 1.82 bits per heavy atom. The lowest BCUT2D eigenvalue weighted by atomic mass is 10.1. The Labute approximate surface area is 132 Å². The van der Waals surface area contributed by atoms with E-state index < -0.39 is 0 Å². The first kappa shape index (κ1) is 16.4. The number of methoxy groups -OCH3 is 2. The molecule has 1 heterocycles. The average molecular weight is 323 g/mol. The third kappa shape index (κ3) is 2.82. The molecule has 1 aliphatic heterocycles. The van der Waals surface area contributed by atoms with E-state index in [1.165, 1.54) is 33.0 Å². The fourth-order valence-electron chi connectivity index (χ4n) is 2.14. The molecule has 0 bridgehead atoms. The van der Waals surface area contributed by atoms with E-state index in [2.05, 4.69) is 0 Å². The molecular weight excluding hydrogens is 306 g/mol. The molecule has 0 aromatic heterocycles. The van der Waals surface area contributed by atoms with Gasteiger partial charge >= 0.3 is 0 Å². The van der Waals surface area contributed by atoms with Gasteiger partial charge in [0.1, 0.15) is 0 Å². The third-order valence-corrected chi connectivity index (χ3v) is 4.31. The van der Waals surface area contributed by atoms with E-state index >= 15 is 0 Å². The molecular formula is C15H17NO5S. The smallest absolute Gasteiger partial charge is 0.267 e. The monoisotopic (exact) mass is 323 g/mol. The van der Waals surface area contributed by atoms with E-state index in [1.807, 2.05) is 0 Å². The average Bonchev–Trinajstić information content (AvgIpc) is 2.76.